The molecular weight excluding hydrogens is 234 g/mol. The Morgan fingerprint density at radius 2 is 2.00 bits per heavy atom. The van der Waals surface area contributed by atoms with E-state index in [4.69, 9.17) is 0 Å². The molecule has 1 aliphatic heterocycles. The van der Waals surface area contributed by atoms with Crippen molar-refractivity contribution < 1.29 is 8.42 Å². The largest absolute Gasteiger partial charge is 0.358 e. The Morgan fingerprint density at radius 1 is 1.24 bits per heavy atom. The third-order valence-corrected chi connectivity index (χ3v) is 5.03. The van der Waals surface area contributed by atoms with E-state index in [1.54, 1.807) is 0 Å². The maximum absolute atomic E-state index is 11.7. The first kappa shape index (κ1) is 10.8. The maximum atomic E-state index is 11.7. The van der Waals surface area contributed by atoms with E-state index < -0.39 is 9.84 Å². The molecule has 0 bridgehead atoms. The zero-order valence-electron chi connectivity index (χ0n) is 10.0. The molecule has 1 aromatic heterocycles. The van der Waals surface area contributed by atoms with Gasteiger partial charge in [-0.25, -0.2) is 8.42 Å². The highest BCUT2D eigenvalue weighted by molar-refractivity contribution is 7.90. The average Bonchev–Trinajstić information content (AvgIpc) is 2.55. The molecule has 0 saturated carbocycles. The third-order valence-electron chi connectivity index (χ3n) is 3.47. The number of sulfone groups is 1. The van der Waals surface area contributed by atoms with Crippen LogP contribution in [0.4, 0.5) is 0 Å². The SMILES string of the molecule is Cc1cc(C)c2[nH]c3c(c2c1)CS(=O)(=O)CC3. The summed E-state index contributed by atoms with van der Waals surface area (Å²) in [4.78, 5) is 3.38. The molecule has 0 fully saturated rings. The van der Waals surface area contributed by atoms with Crippen LogP contribution in [0.15, 0.2) is 12.1 Å². The van der Waals surface area contributed by atoms with Gasteiger partial charge in [-0.15, -0.1) is 0 Å². The van der Waals surface area contributed by atoms with Crippen molar-refractivity contribution in [3.05, 3.63) is 34.5 Å². The molecule has 0 unspecified atom stereocenters. The standard InChI is InChI=1S/C13H15NO2S/c1-8-5-9(2)13-10(6-8)11-7-17(15,16)4-3-12(11)14-13/h5-6,14H,3-4,7H2,1-2H3. The first-order valence-electron chi connectivity index (χ1n) is 5.77. The second-order valence-corrected chi connectivity index (χ2v) is 7.11. The van der Waals surface area contributed by atoms with E-state index >= 15 is 0 Å². The number of fused-ring (bicyclic) bond motifs is 3. The molecule has 4 heteroatoms. The van der Waals surface area contributed by atoms with Crippen molar-refractivity contribution in [2.75, 3.05) is 5.75 Å². The van der Waals surface area contributed by atoms with Gasteiger partial charge in [0, 0.05) is 23.0 Å². The highest BCUT2D eigenvalue weighted by Gasteiger charge is 2.25. The molecule has 3 nitrogen and oxygen atoms in total. The van der Waals surface area contributed by atoms with Crippen molar-refractivity contribution in [1.82, 2.24) is 4.98 Å². The monoisotopic (exact) mass is 249 g/mol. The zero-order chi connectivity index (χ0) is 12.2. The molecule has 0 amide bonds. The predicted molar refractivity (Wildman–Crippen MR) is 69.0 cm³/mol. The zero-order valence-corrected chi connectivity index (χ0v) is 10.8. The fourth-order valence-electron chi connectivity index (χ4n) is 2.69. The normalized spacial score (nSPS) is 18.2. The molecule has 0 spiro atoms. The molecule has 3 rings (SSSR count). The van der Waals surface area contributed by atoms with Gasteiger partial charge in [-0.1, -0.05) is 11.6 Å². The molecule has 1 N–H and O–H groups in total. The molecule has 2 aromatic rings. The van der Waals surface area contributed by atoms with E-state index in [2.05, 4.69) is 24.0 Å². The first-order valence-corrected chi connectivity index (χ1v) is 7.59. The van der Waals surface area contributed by atoms with Gasteiger partial charge in [0.25, 0.3) is 0 Å². The average molecular weight is 249 g/mol. The number of aromatic nitrogens is 1. The smallest absolute Gasteiger partial charge is 0.154 e. The minimum atomic E-state index is -2.90. The Kier molecular flexibility index (Phi) is 2.14. The Hall–Kier alpha value is -1.29. The molecule has 0 atom stereocenters. The van der Waals surface area contributed by atoms with E-state index in [-0.39, 0.29) is 11.5 Å². The van der Waals surface area contributed by atoms with E-state index in [0.29, 0.717) is 6.42 Å². The molecule has 17 heavy (non-hydrogen) atoms. The van der Waals surface area contributed by atoms with Gasteiger partial charge in [0.15, 0.2) is 9.84 Å². The summed E-state index contributed by atoms with van der Waals surface area (Å²) in [5.74, 6) is 0.454. The van der Waals surface area contributed by atoms with Crippen LogP contribution in [0.3, 0.4) is 0 Å². The molecular formula is C13H15NO2S. The van der Waals surface area contributed by atoms with E-state index in [1.165, 1.54) is 11.1 Å². The molecule has 0 aliphatic carbocycles. The highest BCUT2D eigenvalue weighted by atomic mass is 32.2. The summed E-state index contributed by atoms with van der Waals surface area (Å²) in [7, 11) is -2.90. The lowest BCUT2D eigenvalue weighted by atomic mass is 10.1. The van der Waals surface area contributed by atoms with Gasteiger partial charge in [-0.05, 0) is 31.0 Å². The summed E-state index contributed by atoms with van der Waals surface area (Å²) in [6.07, 6.45) is 0.616. The van der Waals surface area contributed by atoms with Crippen LogP contribution in [0.1, 0.15) is 22.4 Å². The van der Waals surface area contributed by atoms with Crippen LogP contribution in [0, 0.1) is 13.8 Å². The van der Waals surface area contributed by atoms with Crippen molar-refractivity contribution >= 4 is 20.7 Å². The molecule has 2 heterocycles. The summed E-state index contributed by atoms with van der Waals surface area (Å²) in [5.41, 5.74) is 5.55. The van der Waals surface area contributed by atoms with Crippen LogP contribution < -0.4 is 0 Å². The Balaban J connectivity index is 2.35. The number of hydrogen-bond acceptors (Lipinski definition) is 2. The summed E-state index contributed by atoms with van der Waals surface area (Å²) in [5, 5.41) is 1.08. The van der Waals surface area contributed by atoms with Crippen LogP contribution in [0.25, 0.3) is 10.9 Å². The van der Waals surface area contributed by atoms with Crippen molar-refractivity contribution in [2.45, 2.75) is 26.0 Å². The number of rotatable bonds is 0. The van der Waals surface area contributed by atoms with Gasteiger partial charge in [-0.2, -0.15) is 0 Å². The Morgan fingerprint density at radius 3 is 2.76 bits per heavy atom. The Labute approximate surface area is 101 Å². The number of hydrogen-bond donors (Lipinski definition) is 1. The highest BCUT2D eigenvalue weighted by Crippen LogP contribution is 2.31. The molecule has 1 aromatic carbocycles. The number of nitrogens with one attached hydrogen (secondary N) is 1. The van der Waals surface area contributed by atoms with Crippen LogP contribution >= 0.6 is 0 Å². The van der Waals surface area contributed by atoms with Crippen LogP contribution in [-0.2, 0) is 22.0 Å². The number of aromatic amines is 1. The third kappa shape index (κ3) is 1.67. The summed E-state index contributed by atoms with van der Waals surface area (Å²) in [6.45, 7) is 4.11. The predicted octanol–water partition coefficient (Wildman–Crippen LogP) is 2.26. The summed E-state index contributed by atoms with van der Waals surface area (Å²) < 4.78 is 23.4. The molecule has 90 valence electrons. The van der Waals surface area contributed by atoms with Gasteiger partial charge in [-0.3, -0.25) is 0 Å². The lowest BCUT2D eigenvalue weighted by Crippen LogP contribution is -2.18. The fourth-order valence-corrected chi connectivity index (χ4v) is 4.12. The van der Waals surface area contributed by atoms with Gasteiger partial charge < -0.3 is 4.98 Å². The van der Waals surface area contributed by atoms with Gasteiger partial charge in [0.2, 0.25) is 0 Å². The second-order valence-electron chi connectivity index (χ2n) is 4.93. The lowest BCUT2D eigenvalue weighted by molar-refractivity contribution is 0.591. The topological polar surface area (TPSA) is 49.9 Å². The molecule has 1 aliphatic rings. The van der Waals surface area contributed by atoms with Crippen molar-refractivity contribution in [1.29, 1.82) is 0 Å². The van der Waals surface area contributed by atoms with Crippen molar-refractivity contribution in [3.8, 4) is 0 Å². The van der Waals surface area contributed by atoms with Gasteiger partial charge in [0.05, 0.1) is 11.5 Å². The minimum absolute atomic E-state index is 0.186. The van der Waals surface area contributed by atoms with Gasteiger partial charge in [0.1, 0.15) is 0 Å². The number of benzene rings is 1. The number of H-pyrrole nitrogens is 1. The fraction of sp³-hybridized carbons (Fsp3) is 0.385. The minimum Gasteiger partial charge on any atom is -0.358 e. The van der Waals surface area contributed by atoms with Crippen LogP contribution in [0.5, 0.6) is 0 Å². The second kappa shape index (κ2) is 3.35. The summed E-state index contributed by atoms with van der Waals surface area (Å²) in [6, 6.07) is 4.21. The van der Waals surface area contributed by atoms with Gasteiger partial charge >= 0.3 is 0 Å². The molecule has 0 radical (unpaired) electrons. The number of aryl methyl sites for hydroxylation is 3. The molecule has 0 saturated heterocycles. The van der Waals surface area contributed by atoms with Crippen molar-refractivity contribution in [3.63, 3.8) is 0 Å². The first-order chi connectivity index (χ1) is 7.96. The summed E-state index contributed by atoms with van der Waals surface area (Å²) >= 11 is 0. The van der Waals surface area contributed by atoms with E-state index in [1.807, 2.05) is 6.92 Å². The Bertz CT molecular complexity index is 711. The van der Waals surface area contributed by atoms with Crippen LogP contribution in [-0.4, -0.2) is 19.2 Å². The van der Waals surface area contributed by atoms with Crippen molar-refractivity contribution in [2.24, 2.45) is 0 Å². The quantitative estimate of drug-likeness (QED) is 0.778. The maximum Gasteiger partial charge on any atom is 0.154 e. The van der Waals surface area contributed by atoms with Crippen LogP contribution in [0.2, 0.25) is 0 Å². The lowest BCUT2D eigenvalue weighted by Gasteiger charge is -2.12. The van der Waals surface area contributed by atoms with E-state index in [0.717, 1.165) is 22.2 Å². The van der Waals surface area contributed by atoms with E-state index in [9.17, 15) is 8.42 Å².